The van der Waals surface area contributed by atoms with Crippen LogP contribution in [-0.2, 0) is 11.3 Å². The fourth-order valence-corrected chi connectivity index (χ4v) is 2.35. The smallest absolute Gasteiger partial charge is 0.0748 e. The maximum Gasteiger partial charge on any atom is 0.0748 e. The third kappa shape index (κ3) is 3.73. The molecular formula is C16H18ClNO2. The lowest BCUT2D eigenvalue weighted by Gasteiger charge is -2.21. The average Bonchev–Trinajstić information content (AvgIpc) is 2.46. The van der Waals surface area contributed by atoms with E-state index in [0.29, 0.717) is 11.6 Å². The van der Waals surface area contributed by atoms with Gasteiger partial charge in [-0.15, -0.1) is 0 Å². The molecule has 0 aliphatic rings. The normalized spacial score (nSPS) is 12.2. The van der Waals surface area contributed by atoms with Gasteiger partial charge in [-0.1, -0.05) is 41.9 Å². The minimum absolute atomic E-state index is 0.00671. The summed E-state index contributed by atoms with van der Waals surface area (Å²) in [6.45, 7) is 0.511. The molecule has 0 fully saturated rings. The topological polar surface area (TPSA) is 41.5 Å². The van der Waals surface area contributed by atoms with Gasteiger partial charge in [0.2, 0.25) is 0 Å². The molecule has 4 heteroatoms. The van der Waals surface area contributed by atoms with Gasteiger partial charge in [0.1, 0.15) is 0 Å². The van der Waals surface area contributed by atoms with Crippen molar-refractivity contribution in [1.29, 1.82) is 0 Å². The molecule has 2 rings (SSSR count). The fraction of sp³-hybridized carbons (Fsp3) is 0.250. The van der Waals surface area contributed by atoms with Crippen LogP contribution in [0.3, 0.4) is 0 Å². The van der Waals surface area contributed by atoms with Crippen molar-refractivity contribution in [2.24, 2.45) is 0 Å². The van der Waals surface area contributed by atoms with E-state index in [1.165, 1.54) is 0 Å². The Morgan fingerprint density at radius 2 is 2.00 bits per heavy atom. The quantitative estimate of drug-likeness (QED) is 0.854. The van der Waals surface area contributed by atoms with Gasteiger partial charge in [-0.05, 0) is 29.3 Å². The van der Waals surface area contributed by atoms with Crippen LogP contribution in [0.5, 0.6) is 0 Å². The van der Waals surface area contributed by atoms with Gasteiger partial charge in [0, 0.05) is 17.8 Å². The van der Waals surface area contributed by atoms with Crippen LogP contribution < -0.4 is 5.32 Å². The highest BCUT2D eigenvalue weighted by atomic mass is 35.5. The van der Waals surface area contributed by atoms with Gasteiger partial charge in [-0.2, -0.15) is 0 Å². The maximum atomic E-state index is 9.67. The van der Waals surface area contributed by atoms with E-state index in [9.17, 15) is 5.11 Å². The standard InChI is InChI=1S/C16H18ClNO2/c1-20-11-12-5-2-3-8-15(12)16(10-19)18-14-7-4-6-13(17)9-14/h2-9,16,18-19H,10-11H2,1H3. The number of rotatable bonds is 6. The molecule has 0 amide bonds. The number of nitrogens with one attached hydrogen (secondary N) is 1. The molecule has 20 heavy (non-hydrogen) atoms. The summed E-state index contributed by atoms with van der Waals surface area (Å²) in [4.78, 5) is 0. The number of aliphatic hydroxyl groups is 1. The Labute approximate surface area is 124 Å². The molecule has 1 unspecified atom stereocenters. The highest BCUT2D eigenvalue weighted by Gasteiger charge is 2.14. The molecular weight excluding hydrogens is 274 g/mol. The molecule has 2 aromatic carbocycles. The van der Waals surface area contributed by atoms with Gasteiger partial charge >= 0.3 is 0 Å². The van der Waals surface area contributed by atoms with Gasteiger partial charge in [-0.25, -0.2) is 0 Å². The number of ether oxygens (including phenoxy) is 1. The molecule has 0 radical (unpaired) electrons. The monoisotopic (exact) mass is 291 g/mol. The van der Waals surface area contributed by atoms with Gasteiger partial charge in [0.15, 0.2) is 0 Å². The lowest BCUT2D eigenvalue weighted by atomic mass is 10.0. The second-order valence-electron chi connectivity index (χ2n) is 4.52. The molecule has 0 spiro atoms. The van der Waals surface area contributed by atoms with Crippen molar-refractivity contribution in [2.75, 3.05) is 19.0 Å². The largest absolute Gasteiger partial charge is 0.394 e. The summed E-state index contributed by atoms with van der Waals surface area (Å²) in [5.41, 5.74) is 2.96. The average molecular weight is 292 g/mol. The first kappa shape index (κ1) is 14.9. The molecule has 1 atom stereocenters. The minimum Gasteiger partial charge on any atom is -0.394 e. The second kappa shape index (κ2) is 7.29. The Balaban J connectivity index is 2.24. The number of anilines is 1. The van der Waals surface area contributed by atoms with E-state index >= 15 is 0 Å². The zero-order chi connectivity index (χ0) is 14.4. The van der Waals surface area contributed by atoms with E-state index in [1.54, 1.807) is 7.11 Å². The van der Waals surface area contributed by atoms with Crippen LogP contribution in [0.15, 0.2) is 48.5 Å². The lowest BCUT2D eigenvalue weighted by Crippen LogP contribution is -2.16. The van der Waals surface area contributed by atoms with Crippen LogP contribution in [0.1, 0.15) is 17.2 Å². The van der Waals surface area contributed by atoms with Crippen LogP contribution in [0.4, 0.5) is 5.69 Å². The molecule has 0 aliphatic heterocycles. The molecule has 106 valence electrons. The van der Waals surface area contributed by atoms with Gasteiger partial charge < -0.3 is 15.2 Å². The molecule has 0 bridgehead atoms. The number of hydrogen-bond acceptors (Lipinski definition) is 3. The van der Waals surface area contributed by atoms with Crippen LogP contribution in [-0.4, -0.2) is 18.8 Å². The maximum absolute atomic E-state index is 9.67. The first-order valence-corrected chi connectivity index (χ1v) is 6.82. The third-order valence-corrected chi connectivity index (χ3v) is 3.31. The van der Waals surface area contributed by atoms with E-state index in [4.69, 9.17) is 16.3 Å². The summed E-state index contributed by atoms with van der Waals surface area (Å²) in [5.74, 6) is 0. The number of halogens is 1. The van der Waals surface area contributed by atoms with E-state index < -0.39 is 0 Å². The molecule has 0 saturated carbocycles. The Hall–Kier alpha value is -1.55. The molecule has 0 saturated heterocycles. The third-order valence-electron chi connectivity index (χ3n) is 3.08. The molecule has 0 aliphatic carbocycles. The molecule has 2 aromatic rings. The zero-order valence-electron chi connectivity index (χ0n) is 11.3. The Bertz CT molecular complexity index is 560. The SMILES string of the molecule is COCc1ccccc1C(CO)Nc1cccc(Cl)c1. The van der Waals surface area contributed by atoms with E-state index in [2.05, 4.69) is 5.32 Å². The summed E-state index contributed by atoms with van der Waals surface area (Å²) in [7, 11) is 1.66. The first-order valence-electron chi connectivity index (χ1n) is 6.44. The Kier molecular flexibility index (Phi) is 5.41. The summed E-state index contributed by atoms with van der Waals surface area (Å²) >= 11 is 5.98. The van der Waals surface area contributed by atoms with E-state index in [0.717, 1.165) is 16.8 Å². The summed E-state index contributed by atoms with van der Waals surface area (Å²) < 4.78 is 5.20. The van der Waals surface area contributed by atoms with Crippen LogP contribution in [0.2, 0.25) is 5.02 Å². The molecule has 0 heterocycles. The summed E-state index contributed by atoms with van der Waals surface area (Å²) in [6.07, 6.45) is 0. The zero-order valence-corrected chi connectivity index (χ0v) is 12.1. The van der Waals surface area contributed by atoms with Crippen molar-refractivity contribution in [2.45, 2.75) is 12.6 Å². The van der Waals surface area contributed by atoms with Crippen molar-refractivity contribution in [3.05, 3.63) is 64.7 Å². The minimum atomic E-state index is -0.195. The number of benzene rings is 2. The predicted molar refractivity (Wildman–Crippen MR) is 82.1 cm³/mol. The van der Waals surface area contributed by atoms with Crippen LogP contribution in [0.25, 0.3) is 0 Å². The van der Waals surface area contributed by atoms with Crippen molar-refractivity contribution in [1.82, 2.24) is 0 Å². The van der Waals surface area contributed by atoms with Crippen molar-refractivity contribution in [3.8, 4) is 0 Å². The molecule has 0 aromatic heterocycles. The van der Waals surface area contributed by atoms with Gasteiger partial charge in [0.25, 0.3) is 0 Å². The number of hydrogen-bond donors (Lipinski definition) is 2. The highest BCUT2D eigenvalue weighted by Crippen LogP contribution is 2.24. The van der Waals surface area contributed by atoms with E-state index in [-0.39, 0.29) is 12.6 Å². The molecule has 2 N–H and O–H groups in total. The van der Waals surface area contributed by atoms with Gasteiger partial charge in [0.05, 0.1) is 19.3 Å². The van der Waals surface area contributed by atoms with Gasteiger partial charge in [-0.3, -0.25) is 0 Å². The predicted octanol–water partition coefficient (Wildman–Crippen LogP) is 3.63. The lowest BCUT2D eigenvalue weighted by molar-refractivity contribution is 0.183. The van der Waals surface area contributed by atoms with Crippen LogP contribution in [0, 0.1) is 0 Å². The molecule has 3 nitrogen and oxygen atoms in total. The number of aliphatic hydroxyl groups excluding tert-OH is 1. The highest BCUT2D eigenvalue weighted by molar-refractivity contribution is 6.30. The second-order valence-corrected chi connectivity index (χ2v) is 4.96. The Morgan fingerprint density at radius 1 is 1.20 bits per heavy atom. The summed E-state index contributed by atoms with van der Waals surface area (Å²) in [6, 6.07) is 15.2. The Morgan fingerprint density at radius 3 is 2.70 bits per heavy atom. The summed E-state index contributed by atoms with van der Waals surface area (Å²) in [5, 5.41) is 13.6. The number of methoxy groups -OCH3 is 1. The first-order chi connectivity index (χ1) is 9.74. The van der Waals surface area contributed by atoms with Crippen molar-refractivity contribution < 1.29 is 9.84 Å². The van der Waals surface area contributed by atoms with Crippen LogP contribution >= 0.6 is 11.6 Å². The fourth-order valence-electron chi connectivity index (χ4n) is 2.16. The van der Waals surface area contributed by atoms with Crippen molar-refractivity contribution >= 4 is 17.3 Å². The van der Waals surface area contributed by atoms with Crippen molar-refractivity contribution in [3.63, 3.8) is 0 Å². The van der Waals surface area contributed by atoms with E-state index in [1.807, 2.05) is 48.5 Å².